The van der Waals surface area contributed by atoms with E-state index in [4.69, 9.17) is 15.2 Å². The summed E-state index contributed by atoms with van der Waals surface area (Å²) in [5.41, 5.74) is 4.69. The third-order valence-electron chi connectivity index (χ3n) is 3.63. The van der Waals surface area contributed by atoms with Gasteiger partial charge in [0.2, 0.25) is 0 Å². The van der Waals surface area contributed by atoms with Gasteiger partial charge >= 0.3 is 6.09 Å². The number of amides is 1. The Bertz CT molecular complexity index is 624. The van der Waals surface area contributed by atoms with Crippen molar-refractivity contribution in [1.29, 1.82) is 0 Å². The average molecular weight is 343 g/mol. The highest BCUT2D eigenvalue weighted by Gasteiger charge is 2.29. The first-order valence-electron chi connectivity index (χ1n) is 7.68. The minimum atomic E-state index is -0.833. The van der Waals surface area contributed by atoms with Gasteiger partial charge in [-0.2, -0.15) is 0 Å². The number of anilines is 2. The van der Waals surface area contributed by atoms with Gasteiger partial charge in [-0.15, -0.1) is 0 Å². The summed E-state index contributed by atoms with van der Waals surface area (Å²) in [6.45, 7) is 6.52. The molecular formula is C16H23F2N3O3. The first-order chi connectivity index (χ1) is 11.1. The maximum atomic E-state index is 14.5. The predicted octanol–water partition coefficient (Wildman–Crippen LogP) is 2.61. The standard InChI is InChI=1S/C16H23F2N3O3/c1-16(2,3)24-15(22)21-7-5-20(6-8-21)13-10(17)9-11(19)14(23-4)12(13)18/h9H,5-8,19H2,1-4H3. The van der Waals surface area contributed by atoms with E-state index in [0.29, 0.717) is 13.1 Å². The number of hydrogen-bond donors (Lipinski definition) is 1. The Balaban J connectivity index is 2.12. The summed E-state index contributed by atoms with van der Waals surface area (Å²) in [6.07, 6.45) is -0.432. The van der Waals surface area contributed by atoms with Crippen molar-refractivity contribution in [2.75, 3.05) is 43.9 Å². The number of nitrogens with two attached hydrogens (primary N) is 1. The molecule has 1 aliphatic heterocycles. The van der Waals surface area contributed by atoms with Crippen molar-refractivity contribution in [1.82, 2.24) is 4.90 Å². The van der Waals surface area contributed by atoms with Crippen LogP contribution in [0, 0.1) is 11.6 Å². The summed E-state index contributed by atoms with van der Waals surface area (Å²) >= 11 is 0. The highest BCUT2D eigenvalue weighted by Crippen LogP contribution is 2.35. The second-order valence-electron chi connectivity index (χ2n) is 6.60. The first kappa shape index (κ1) is 18.1. The number of ether oxygens (including phenoxy) is 2. The molecule has 1 saturated heterocycles. The van der Waals surface area contributed by atoms with E-state index < -0.39 is 23.3 Å². The van der Waals surface area contributed by atoms with Crippen molar-refractivity contribution in [3.8, 4) is 5.75 Å². The van der Waals surface area contributed by atoms with E-state index in [1.54, 1.807) is 20.8 Å². The maximum Gasteiger partial charge on any atom is 0.410 e. The van der Waals surface area contributed by atoms with E-state index in [9.17, 15) is 13.6 Å². The van der Waals surface area contributed by atoms with Gasteiger partial charge in [0.05, 0.1) is 12.8 Å². The minimum absolute atomic E-state index is 0.0939. The normalized spacial score (nSPS) is 15.4. The van der Waals surface area contributed by atoms with E-state index in [0.717, 1.165) is 6.07 Å². The molecule has 0 spiro atoms. The number of hydrogen-bond acceptors (Lipinski definition) is 5. The monoisotopic (exact) mass is 343 g/mol. The van der Waals surface area contributed by atoms with E-state index in [1.165, 1.54) is 16.9 Å². The van der Waals surface area contributed by atoms with Crippen LogP contribution in [0.25, 0.3) is 0 Å². The topological polar surface area (TPSA) is 68.0 Å². The van der Waals surface area contributed by atoms with Crippen molar-refractivity contribution >= 4 is 17.5 Å². The van der Waals surface area contributed by atoms with Crippen LogP contribution in [-0.2, 0) is 4.74 Å². The van der Waals surface area contributed by atoms with Gasteiger partial charge in [0.25, 0.3) is 0 Å². The van der Waals surface area contributed by atoms with E-state index in [-0.39, 0.29) is 30.2 Å². The summed E-state index contributed by atoms with van der Waals surface area (Å²) in [6, 6.07) is 1.04. The van der Waals surface area contributed by atoms with E-state index in [2.05, 4.69) is 0 Å². The van der Waals surface area contributed by atoms with Crippen LogP contribution >= 0.6 is 0 Å². The lowest BCUT2D eigenvalue weighted by Gasteiger charge is -2.37. The van der Waals surface area contributed by atoms with Crippen molar-refractivity contribution in [3.63, 3.8) is 0 Å². The molecular weight excluding hydrogens is 320 g/mol. The van der Waals surface area contributed by atoms with Crippen molar-refractivity contribution in [2.45, 2.75) is 26.4 Å². The number of rotatable bonds is 2. The van der Waals surface area contributed by atoms with Crippen LogP contribution in [0.2, 0.25) is 0 Å². The molecule has 0 saturated carbocycles. The summed E-state index contributed by atoms with van der Waals surface area (Å²) < 4.78 is 38.8. The van der Waals surface area contributed by atoms with Gasteiger partial charge in [-0.3, -0.25) is 0 Å². The molecule has 1 aliphatic rings. The second kappa shape index (κ2) is 6.70. The van der Waals surface area contributed by atoms with Crippen LogP contribution in [0.5, 0.6) is 5.75 Å². The smallest absolute Gasteiger partial charge is 0.410 e. The molecule has 1 aromatic carbocycles. The fourth-order valence-electron chi connectivity index (χ4n) is 2.55. The number of carbonyl (C=O) groups excluding carboxylic acids is 1. The van der Waals surface area contributed by atoms with Crippen molar-refractivity contribution < 1.29 is 23.0 Å². The SMILES string of the molecule is COc1c(N)cc(F)c(N2CCN(C(=O)OC(C)(C)C)CC2)c1F. The molecule has 6 nitrogen and oxygen atoms in total. The first-order valence-corrected chi connectivity index (χ1v) is 7.68. The fourth-order valence-corrected chi connectivity index (χ4v) is 2.55. The lowest BCUT2D eigenvalue weighted by Crippen LogP contribution is -2.50. The lowest BCUT2D eigenvalue weighted by molar-refractivity contribution is 0.0240. The number of benzene rings is 1. The Morgan fingerprint density at radius 3 is 2.29 bits per heavy atom. The fraction of sp³-hybridized carbons (Fsp3) is 0.562. The zero-order valence-corrected chi connectivity index (χ0v) is 14.4. The molecule has 24 heavy (non-hydrogen) atoms. The summed E-state index contributed by atoms with van der Waals surface area (Å²) in [7, 11) is 1.27. The number of methoxy groups -OCH3 is 1. The molecule has 0 atom stereocenters. The Kier molecular flexibility index (Phi) is 5.05. The number of nitrogen functional groups attached to an aromatic ring is 1. The highest BCUT2D eigenvalue weighted by atomic mass is 19.1. The summed E-state index contributed by atoms with van der Waals surface area (Å²) in [5.74, 6) is -1.77. The number of carbonyl (C=O) groups is 1. The molecule has 1 fully saturated rings. The maximum absolute atomic E-state index is 14.5. The van der Waals surface area contributed by atoms with E-state index in [1.807, 2.05) is 0 Å². The van der Waals surface area contributed by atoms with Crippen LogP contribution < -0.4 is 15.4 Å². The molecule has 8 heteroatoms. The van der Waals surface area contributed by atoms with E-state index >= 15 is 0 Å². The van der Waals surface area contributed by atoms with Crippen LogP contribution in [-0.4, -0.2) is 49.9 Å². The predicted molar refractivity (Wildman–Crippen MR) is 87.3 cm³/mol. The molecule has 2 rings (SSSR count). The van der Waals surface area contributed by atoms with Crippen LogP contribution in [0.15, 0.2) is 6.07 Å². The Hall–Kier alpha value is -2.25. The largest absolute Gasteiger partial charge is 0.492 e. The molecule has 1 heterocycles. The summed E-state index contributed by atoms with van der Waals surface area (Å²) in [4.78, 5) is 15.1. The molecule has 1 amide bonds. The third-order valence-corrected chi connectivity index (χ3v) is 3.63. The number of halogens is 2. The van der Waals surface area contributed by atoms with Crippen molar-refractivity contribution in [3.05, 3.63) is 17.7 Å². The van der Waals surface area contributed by atoms with Gasteiger partial charge in [-0.05, 0) is 20.8 Å². The van der Waals surface area contributed by atoms with Gasteiger partial charge in [0.1, 0.15) is 11.3 Å². The van der Waals surface area contributed by atoms with Crippen LogP contribution in [0.3, 0.4) is 0 Å². The van der Waals surface area contributed by atoms with Gasteiger partial charge in [0, 0.05) is 32.2 Å². The van der Waals surface area contributed by atoms with Gasteiger partial charge in [-0.25, -0.2) is 13.6 Å². The third kappa shape index (κ3) is 3.80. The lowest BCUT2D eigenvalue weighted by atomic mass is 10.2. The molecule has 2 N–H and O–H groups in total. The molecule has 0 aliphatic carbocycles. The number of piperazine rings is 1. The quantitative estimate of drug-likeness (QED) is 0.836. The van der Waals surface area contributed by atoms with Gasteiger partial charge < -0.3 is 25.0 Å². The zero-order chi connectivity index (χ0) is 18.1. The average Bonchev–Trinajstić information content (AvgIpc) is 2.46. The molecule has 1 aromatic rings. The molecule has 0 unspecified atom stereocenters. The van der Waals surface area contributed by atoms with Crippen LogP contribution in [0.1, 0.15) is 20.8 Å². The Morgan fingerprint density at radius 2 is 1.79 bits per heavy atom. The number of nitrogens with zero attached hydrogens (tertiary/aromatic N) is 2. The molecule has 0 bridgehead atoms. The Morgan fingerprint density at radius 1 is 1.21 bits per heavy atom. The molecule has 0 radical (unpaired) electrons. The van der Waals surface area contributed by atoms with Gasteiger partial charge in [-0.1, -0.05) is 0 Å². The van der Waals surface area contributed by atoms with Crippen molar-refractivity contribution in [2.24, 2.45) is 0 Å². The van der Waals surface area contributed by atoms with Gasteiger partial charge in [0.15, 0.2) is 17.4 Å². The second-order valence-corrected chi connectivity index (χ2v) is 6.60. The van der Waals surface area contributed by atoms with Crippen LogP contribution in [0.4, 0.5) is 25.0 Å². The highest BCUT2D eigenvalue weighted by molar-refractivity contribution is 5.69. The summed E-state index contributed by atoms with van der Waals surface area (Å²) in [5, 5.41) is 0. The minimum Gasteiger partial charge on any atom is -0.492 e. The molecule has 134 valence electrons. The molecule has 0 aromatic heterocycles. The Labute approximate surface area is 140 Å². The zero-order valence-electron chi connectivity index (χ0n) is 14.4.